The quantitative estimate of drug-likeness (QED) is 0.802. The van der Waals surface area contributed by atoms with Gasteiger partial charge in [-0.2, -0.15) is 11.3 Å². The second-order valence-corrected chi connectivity index (χ2v) is 4.82. The van der Waals surface area contributed by atoms with Crippen molar-refractivity contribution in [2.24, 2.45) is 0 Å². The molecule has 15 heavy (non-hydrogen) atoms. The normalized spacial score (nSPS) is 13.6. The van der Waals surface area contributed by atoms with Crippen LogP contribution >= 0.6 is 11.3 Å². The van der Waals surface area contributed by atoms with E-state index in [1.54, 1.807) is 11.3 Å². The molecule has 1 atom stereocenters. The molecule has 0 spiro atoms. The summed E-state index contributed by atoms with van der Waals surface area (Å²) in [7, 11) is 1.40. The SMILES string of the molecule is COC(=O)C(C)(C)NC(C)c1ccsc1. The second kappa shape index (κ2) is 4.77. The molecule has 0 saturated carbocycles. The lowest BCUT2D eigenvalue weighted by atomic mass is 10.0. The summed E-state index contributed by atoms with van der Waals surface area (Å²) in [5.74, 6) is -0.246. The summed E-state index contributed by atoms with van der Waals surface area (Å²) in [5, 5.41) is 7.34. The van der Waals surface area contributed by atoms with Crippen molar-refractivity contribution in [3.63, 3.8) is 0 Å². The molecule has 1 heterocycles. The summed E-state index contributed by atoms with van der Waals surface area (Å²) < 4.78 is 4.73. The smallest absolute Gasteiger partial charge is 0.325 e. The molecule has 0 saturated heterocycles. The first kappa shape index (κ1) is 12.2. The Morgan fingerprint density at radius 2 is 2.27 bits per heavy atom. The number of nitrogens with one attached hydrogen (secondary N) is 1. The summed E-state index contributed by atoms with van der Waals surface area (Å²) in [5.41, 5.74) is 0.535. The molecule has 0 fully saturated rings. The maximum atomic E-state index is 11.5. The third-order valence-electron chi connectivity index (χ3n) is 2.32. The van der Waals surface area contributed by atoms with E-state index in [2.05, 4.69) is 16.8 Å². The summed E-state index contributed by atoms with van der Waals surface area (Å²) in [6, 6.07) is 2.20. The van der Waals surface area contributed by atoms with Crippen molar-refractivity contribution in [2.45, 2.75) is 32.4 Å². The molecule has 0 aromatic carbocycles. The van der Waals surface area contributed by atoms with E-state index in [9.17, 15) is 4.79 Å². The van der Waals surface area contributed by atoms with Gasteiger partial charge in [-0.3, -0.25) is 10.1 Å². The number of hydrogen-bond donors (Lipinski definition) is 1. The molecule has 1 aromatic heterocycles. The van der Waals surface area contributed by atoms with Crippen LogP contribution in [0.5, 0.6) is 0 Å². The molecule has 0 aliphatic heterocycles. The third-order valence-corrected chi connectivity index (χ3v) is 3.02. The molecule has 0 amide bonds. The van der Waals surface area contributed by atoms with E-state index >= 15 is 0 Å². The number of thiophene rings is 1. The fourth-order valence-electron chi connectivity index (χ4n) is 1.46. The number of hydrogen-bond acceptors (Lipinski definition) is 4. The zero-order valence-electron chi connectivity index (χ0n) is 9.53. The van der Waals surface area contributed by atoms with Crippen LogP contribution in [0.1, 0.15) is 32.4 Å². The monoisotopic (exact) mass is 227 g/mol. The average molecular weight is 227 g/mol. The minimum absolute atomic E-state index is 0.144. The highest BCUT2D eigenvalue weighted by Gasteiger charge is 2.30. The molecular weight excluding hydrogens is 210 g/mol. The highest BCUT2D eigenvalue weighted by molar-refractivity contribution is 7.07. The summed E-state index contributed by atoms with van der Waals surface area (Å²) in [4.78, 5) is 11.5. The van der Waals surface area contributed by atoms with Gasteiger partial charge in [0.1, 0.15) is 5.54 Å². The Labute approximate surface area is 94.5 Å². The maximum Gasteiger partial charge on any atom is 0.325 e. The van der Waals surface area contributed by atoms with Crippen LogP contribution in [0.3, 0.4) is 0 Å². The highest BCUT2D eigenvalue weighted by atomic mass is 32.1. The van der Waals surface area contributed by atoms with Crippen LogP contribution in [-0.4, -0.2) is 18.6 Å². The number of carbonyl (C=O) groups is 1. The number of rotatable bonds is 4. The first-order valence-corrected chi connectivity index (χ1v) is 5.80. The first-order valence-electron chi connectivity index (χ1n) is 4.85. The Kier molecular flexibility index (Phi) is 3.88. The Bertz CT molecular complexity index is 319. The minimum Gasteiger partial charge on any atom is -0.468 e. The van der Waals surface area contributed by atoms with Crippen LogP contribution in [0.25, 0.3) is 0 Å². The largest absolute Gasteiger partial charge is 0.468 e. The van der Waals surface area contributed by atoms with Crippen molar-refractivity contribution in [1.29, 1.82) is 0 Å². The van der Waals surface area contributed by atoms with Gasteiger partial charge >= 0.3 is 5.97 Å². The number of ether oxygens (including phenoxy) is 1. The van der Waals surface area contributed by atoms with E-state index in [4.69, 9.17) is 4.74 Å². The summed E-state index contributed by atoms with van der Waals surface area (Å²) in [6.07, 6.45) is 0. The Morgan fingerprint density at radius 1 is 1.60 bits per heavy atom. The molecule has 0 radical (unpaired) electrons. The number of carbonyl (C=O) groups excluding carboxylic acids is 1. The van der Waals surface area contributed by atoms with Crippen molar-refractivity contribution in [3.05, 3.63) is 22.4 Å². The van der Waals surface area contributed by atoms with E-state index in [0.717, 1.165) is 0 Å². The molecule has 0 aliphatic carbocycles. The average Bonchev–Trinajstić information content (AvgIpc) is 2.68. The Morgan fingerprint density at radius 3 is 2.73 bits per heavy atom. The molecule has 3 nitrogen and oxygen atoms in total. The van der Waals surface area contributed by atoms with E-state index < -0.39 is 5.54 Å². The molecule has 84 valence electrons. The van der Waals surface area contributed by atoms with Crippen molar-refractivity contribution < 1.29 is 9.53 Å². The van der Waals surface area contributed by atoms with Gasteiger partial charge in [0.05, 0.1) is 7.11 Å². The molecule has 0 bridgehead atoms. The summed E-state index contributed by atoms with van der Waals surface area (Å²) in [6.45, 7) is 5.68. The fraction of sp³-hybridized carbons (Fsp3) is 0.545. The van der Waals surface area contributed by atoms with Gasteiger partial charge in [0.25, 0.3) is 0 Å². The zero-order valence-corrected chi connectivity index (χ0v) is 10.4. The predicted octanol–water partition coefficient (Wildman–Crippen LogP) is 2.35. The van der Waals surface area contributed by atoms with Gasteiger partial charge in [0.2, 0.25) is 0 Å². The van der Waals surface area contributed by atoms with Gasteiger partial charge in [-0.1, -0.05) is 0 Å². The lowest BCUT2D eigenvalue weighted by Crippen LogP contribution is -2.48. The topological polar surface area (TPSA) is 38.3 Å². The maximum absolute atomic E-state index is 11.5. The van der Waals surface area contributed by atoms with Crippen molar-refractivity contribution in [2.75, 3.05) is 7.11 Å². The molecule has 1 aromatic rings. The van der Waals surface area contributed by atoms with Crippen LogP contribution in [0.15, 0.2) is 16.8 Å². The van der Waals surface area contributed by atoms with Gasteiger partial charge in [0, 0.05) is 6.04 Å². The van der Waals surface area contributed by atoms with Crippen LogP contribution in [0, 0.1) is 0 Å². The van der Waals surface area contributed by atoms with Gasteiger partial charge in [-0.25, -0.2) is 0 Å². The summed E-state index contributed by atoms with van der Waals surface area (Å²) >= 11 is 1.65. The molecule has 1 rings (SSSR count). The minimum atomic E-state index is -0.657. The van der Waals surface area contributed by atoms with E-state index in [-0.39, 0.29) is 12.0 Å². The van der Waals surface area contributed by atoms with Gasteiger partial charge in [0.15, 0.2) is 0 Å². The standard InChI is InChI=1S/C11H17NO2S/c1-8(9-5-6-15-7-9)12-11(2,3)10(13)14-4/h5-8,12H,1-4H3. The zero-order chi connectivity index (χ0) is 11.5. The lowest BCUT2D eigenvalue weighted by molar-refractivity contribution is -0.147. The highest BCUT2D eigenvalue weighted by Crippen LogP contribution is 2.19. The molecule has 1 N–H and O–H groups in total. The number of methoxy groups -OCH3 is 1. The molecular formula is C11H17NO2S. The van der Waals surface area contributed by atoms with Crippen molar-refractivity contribution in [3.8, 4) is 0 Å². The molecule has 4 heteroatoms. The van der Waals surface area contributed by atoms with Crippen LogP contribution in [-0.2, 0) is 9.53 Å². The van der Waals surface area contributed by atoms with E-state index in [1.165, 1.54) is 12.7 Å². The Balaban J connectivity index is 2.65. The van der Waals surface area contributed by atoms with Crippen LogP contribution < -0.4 is 5.32 Å². The van der Waals surface area contributed by atoms with E-state index in [0.29, 0.717) is 0 Å². The molecule has 1 unspecified atom stereocenters. The van der Waals surface area contributed by atoms with Gasteiger partial charge in [-0.15, -0.1) is 0 Å². The van der Waals surface area contributed by atoms with Crippen molar-refractivity contribution >= 4 is 17.3 Å². The van der Waals surface area contributed by atoms with E-state index in [1.807, 2.05) is 26.2 Å². The fourth-order valence-corrected chi connectivity index (χ4v) is 2.21. The number of esters is 1. The second-order valence-electron chi connectivity index (χ2n) is 4.04. The predicted molar refractivity (Wildman–Crippen MR) is 62.0 cm³/mol. The first-order chi connectivity index (χ1) is 6.97. The van der Waals surface area contributed by atoms with Crippen LogP contribution in [0.2, 0.25) is 0 Å². The molecule has 0 aliphatic rings. The Hall–Kier alpha value is -0.870. The van der Waals surface area contributed by atoms with Gasteiger partial charge < -0.3 is 4.74 Å². The third kappa shape index (κ3) is 3.04. The lowest BCUT2D eigenvalue weighted by Gasteiger charge is -2.27. The van der Waals surface area contributed by atoms with Crippen LogP contribution in [0.4, 0.5) is 0 Å². The van der Waals surface area contributed by atoms with Gasteiger partial charge in [-0.05, 0) is 43.2 Å². The van der Waals surface area contributed by atoms with Crippen molar-refractivity contribution in [1.82, 2.24) is 5.32 Å².